The second-order valence-corrected chi connectivity index (χ2v) is 8.17. The standard InChI is InChI=1S/C26H30O3/c1-5-7-21-18-24-23(26(3,4)14-15-29-24)17-22(21)13-12-19-8-10-20(11-9-19)16-25(27)28-6-2/h8-11,17-18H,5-7,14-16H2,1-4H3. The second-order valence-electron chi connectivity index (χ2n) is 8.17. The molecule has 1 aliphatic heterocycles. The third-order valence-corrected chi connectivity index (χ3v) is 5.39. The van der Waals surface area contributed by atoms with Crippen molar-refractivity contribution in [2.24, 2.45) is 0 Å². The fraction of sp³-hybridized carbons (Fsp3) is 0.423. The first-order valence-electron chi connectivity index (χ1n) is 10.5. The molecule has 0 aliphatic carbocycles. The topological polar surface area (TPSA) is 35.5 Å². The highest BCUT2D eigenvalue weighted by Crippen LogP contribution is 2.40. The highest BCUT2D eigenvalue weighted by molar-refractivity contribution is 5.72. The van der Waals surface area contributed by atoms with E-state index < -0.39 is 0 Å². The number of carbonyl (C=O) groups is 1. The first kappa shape index (κ1) is 21.0. The number of rotatable bonds is 5. The molecule has 3 heteroatoms. The number of ether oxygens (including phenoxy) is 2. The van der Waals surface area contributed by atoms with Crippen molar-refractivity contribution in [2.75, 3.05) is 13.2 Å². The zero-order valence-electron chi connectivity index (χ0n) is 17.9. The van der Waals surface area contributed by atoms with Crippen molar-refractivity contribution >= 4 is 5.97 Å². The van der Waals surface area contributed by atoms with Crippen LogP contribution in [0.15, 0.2) is 36.4 Å². The first-order valence-corrected chi connectivity index (χ1v) is 10.5. The molecule has 3 nitrogen and oxygen atoms in total. The van der Waals surface area contributed by atoms with Gasteiger partial charge in [-0.25, -0.2) is 0 Å². The van der Waals surface area contributed by atoms with Crippen molar-refractivity contribution in [3.63, 3.8) is 0 Å². The molecule has 0 spiro atoms. The number of hydrogen-bond acceptors (Lipinski definition) is 3. The number of esters is 1. The summed E-state index contributed by atoms with van der Waals surface area (Å²) >= 11 is 0. The van der Waals surface area contributed by atoms with E-state index in [9.17, 15) is 4.79 Å². The molecule has 0 aromatic heterocycles. The first-order chi connectivity index (χ1) is 13.9. The molecule has 0 atom stereocenters. The van der Waals surface area contributed by atoms with Crippen molar-refractivity contribution in [1.29, 1.82) is 0 Å². The maximum Gasteiger partial charge on any atom is 0.310 e. The zero-order valence-corrected chi connectivity index (χ0v) is 17.9. The van der Waals surface area contributed by atoms with Crippen LogP contribution in [0.2, 0.25) is 0 Å². The van der Waals surface area contributed by atoms with Gasteiger partial charge in [-0.2, -0.15) is 0 Å². The van der Waals surface area contributed by atoms with Crippen LogP contribution in [0.3, 0.4) is 0 Å². The average Bonchev–Trinajstić information content (AvgIpc) is 2.68. The van der Waals surface area contributed by atoms with Gasteiger partial charge < -0.3 is 9.47 Å². The highest BCUT2D eigenvalue weighted by atomic mass is 16.5. The molecule has 3 rings (SSSR count). The fourth-order valence-corrected chi connectivity index (χ4v) is 3.64. The molecule has 0 unspecified atom stereocenters. The van der Waals surface area contributed by atoms with E-state index in [0.29, 0.717) is 13.0 Å². The van der Waals surface area contributed by atoms with Gasteiger partial charge >= 0.3 is 5.97 Å². The van der Waals surface area contributed by atoms with Crippen LogP contribution in [0, 0.1) is 11.8 Å². The Morgan fingerprint density at radius 2 is 1.90 bits per heavy atom. The Labute approximate surface area is 174 Å². The zero-order chi connectivity index (χ0) is 20.9. The largest absolute Gasteiger partial charge is 0.493 e. The summed E-state index contributed by atoms with van der Waals surface area (Å²) in [6, 6.07) is 12.2. The molecule has 152 valence electrons. The normalized spacial score (nSPS) is 14.2. The van der Waals surface area contributed by atoms with Gasteiger partial charge in [0.05, 0.1) is 19.6 Å². The fourth-order valence-electron chi connectivity index (χ4n) is 3.64. The van der Waals surface area contributed by atoms with E-state index in [0.717, 1.165) is 48.3 Å². The summed E-state index contributed by atoms with van der Waals surface area (Å²) in [6.07, 6.45) is 3.36. The predicted octanol–water partition coefficient (Wildman–Crippen LogP) is 5.20. The summed E-state index contributed by atoms with van der Waals surface area (Å²) < 4.78 is 10.9. The Kier molecular flexibility index (Phi) is 6.64. The van der Waals surface area contributed by atoms with Crippen molar-refractivity contribution in [2.45, 2.75) is 58.8 Å². The van der Waals surface area contributed by atoms with Crippen LogP contribution in [0.25, 0.3) is 0 Å². The number of benzene rings is 2. The lowest BCUT2D eigenvalue weighted by atomic mass is 9.78. The monoisotopic (exact) mass is 390 g/mol. The van der Waals surface area contributed by atoms with Gasteiger partial charge in [-0.05, 0) is 60.6 Å². The molecule has 1 heterocycles. The third-order valence-electron chi connectivity index (χ3n) is 5.39. The van der Waals surface area contributed by atoms with Crippen LogP contribution < -0.4 is 4.74 Å². The lowest BCUT2D eigenvalue weighted by molar-refractivity contribution is -0.142. The van der Waals surface area contributed by atoms with Crippen LogP contribution >= 0.6 is 0 Å². The molecule has 2 aromatic carbocycles. The number of fused-ring (bicyclic) bond motifs is 1. The molecule has 0 saturated carbocycles. The molecule has 2 aromatic rings. The Morgan fingerprint density at radius 3 is 2.59 bits per heavy atom. The van der Waals surface area contributed by atoms with Gasteiger partial charge in [-0.1, -0.05) is 51.2 Å². The van der Waals surface area contributed by atoms with Gasteiger partial charge in [0, 0.05) is 16.7 Å². The van der Waals surface area contributed by atoms with E-state index in [4.69, 9.17) is 9.47 Å². The molecule has 0 amide bonds. The van der Waals surface area contributed by atoms with Crippen LogP contribution in [0.1, 0.15) is 68.4 Å². The SMILES string of the molecule is CCCc1cc2c(cc1C#Cc1ccc(CC(=O)OCC)cc1)C(C)(C)CCO2. The quantitative estimate of drug-likeness (QED) is 0.520. The van der Waals surface area contributed by atoms with Crippen molar-refractivity contribution in [3.05, 3.63) is 64.2 Å². The van der Waals surface area contributed by atoms with Crippen molar-refractivity contribution in [1.82, 2.24) is 0 Å². The van der Waals surface area contributed by atoms with Gasteiger partial charge in [-0.3, -0.25) is 4.79 Å². The van der Waals surface area contributed by atoms with E-state index in [1.54, 1.807) is 0 Å². The minimum Gasteiger partial charge on any atom is -0.493 e. The Bertz CT molecular complexity index is 927. The summed E-state index contributed by atoms with van der Waals surface area (Å²) in [6.45, 7) is 9.72. The Morgan fingerprint density at radius 1 is 1.14 bits per heavy atom. The highest BCUT2D eigenvalue weighted by Gasteiger charge is 2.29. The molecule has 0 radical (unpaired) electrons. The average molecular weight is 391 g/mol. The summed E-state index contributed by atoms with van der Waals surface area (Å²) in [4.78, 5) is 11.6. The van der Waals surface area contributed by atoms with Gasteiger partial charge in [0.15, 0.2) is 0 Å². The molecule has 0 bridgehead atoms. The van der Waals surface area contributed by atoms with Crippen LogP contribution in [-0.4, -0.2) is 19.2 Å². The maximum atomic E-state index is 11.6. The number of aryl methyl sites for hydroxylation is 1. The summed E-state index contributed by atoms with van der Waals surface area (Å²) in [7, 11) is 0. The Hall–Kier alpha value is -2.73. The van der Waals surface area contributed by atoms with Crippen LogP contribution in [-0.2, 0) is 27.8 Å². The third kappa shape index (κ3) is 5.21. The summed E-state index contributed by atoms with van der Waals surface area (Å²) in [5.41, 5.74) is 5.55. The molecule has 1 aliphatic rings. The molecular formula is C26H30O3. The maximum absolute atomic E-state index is 11.6. The minimum absolute atomic E-state index is 0.101. The summed E-state index contributed by atoms with van der Waals surface area (Å²) in [5.74, 6) is 7.49. The molecule has 0 N–H and O–H groups in total. The smallest absolute Gasteiger partial charge is 0.310 e. The van der Waals surface area contributed by atoms with E-state index in [-0.39, 0.29) is 11.4 Å². The lowest BCUT2D eigenvalue weighted by Crippen LogP contribution is -2.27. The van der Waals surface area contributed by atoms with E-state index in [1.165, 1.54) is 11.1 Å². The van der Waals surface area contributed by atoms with Crippen molar-refractivity contribution < 1.29 is 14.3 Å². The van der Waals surface area contributed by atoms with Gasteiger partial charge in [0.1, 0.15) is 5.75 Å². The van der Waals surface area contributed by atoms with E-state index in [1.807, 2.05) is 31.2 Å². The lowest BCUT2D eigenvalue weighted by Gasteiger charge is -2.33. The molecule has 0 saturated heterocycles. The van der Waals surface area contributed by atoms with Crippen LogP contribution in [0.5, 0.6) is 5.75 Å². The second kappa shape index (κ2) is 9.18. The molecule has 0 fully saturated rings. The minimum atomic E-state index is -0.200. The van der Waals surface area contributed by atoms with E-state index in [2.05, 4.69) is 44.7 Å². The Balaban J connectivity index is 1.86. The van der Waals surface area contributed by atoms with Gasteiger partial charge in [0.2, 0.25) is 0 Å². The number of hydrogen-bond donors (Lipinski definition) is 0. The molecule has 29 heavy (non-hydrogen) atoms. The number of carbonyl (C=O) groups excluding carboxylic acids is 1. The van der Waals surface area contributed by atoms with Gasteiger partial charge in [-0.15, -0.1) is 0 Å². The van der Waals surface area contributed by atoms with Gasteiger partial charge in [0.25, 0.3) is 0 Å². The van der Waals surface area contributed by atoms with E-state index >= 15 is 0 Å². The summed E-state index contributed by atoms with van der Waals surface area (Å²) in [5, 5.41) is 0. The molecular weight excluding hydrogens is 360 g/mol. The van der Waals surface area contributed by atoms with Crippen molar-refractivity contribution in [3.8, 4) is 17.6 Å². The van der Waals surface area contributed by atoms with Crippen LogP contribution in [0.4, 0.5) is 0 Å². The predicted molar refractivity (Wildman–Crippen MR) is 116 cm³/mol.